The third kappa shape index (κ3) is 4.89. The maximum absolute atomic E-state index is 13.0. The van der Waals surface area contributed by atoms with Crippen molar-refractivity contribution < 1.29 is 9.18 Å². The van der Waals surface area contributed by atoms with Crippen LogP contribution in [0.2, 0.25) is 5.02 Å². The van der Waals surface area contributed by atoms with Gasteiger partial charge in [-0.2, -0.15) is 0 Å². The highest BCUT2D eigenvalue weighted by atomic mass is 35.5. The highest BCUT2D eigenvalue weighted by molar-refractivity contribution is 6.31. The van der Waals surface area contributed by atoms with Crippen LogP contribution in [0.1, 0.15) is 10.4 Å². The summed E-state index contributed by atoms with van der Waals surface area (Å²) in [5.74, 6) is -0.741. The Morgan fingerprint density at radius 1 is 1.47 bits per heavy atom. The summed E-state index contributed by atoms with van der Waals surface area (Å²) in [6.07, 6.45) is 0. The summed E-state index contributed by atoms with van der Waals surface area (Å²) in [6.45, 7) is 1.24. The van der Waals surface area contributed by atoms with Gasteiger partial charge in [-0.1, -0.05) is 11.6 Å². The molecular weight excluding hydrogens is 266 g/mol. The van der Waals surface area contributed by atoms with E-state index in [9.17, 15) is 9.18 Å². The van der Waals surface area contributed by atoms with Crippen LogP contribution in [-0.2, 0) is 0 Å². The molecular formula is C11H15Cl2FN2O. The predicted octanol–water partition coefficient (Wildman–Crippen LogP) is 2.19. The molecule has 96 valence electrons. The van der Waals surface area contributed by atoms with Gasteiger partial charge in [0.15, 0.2) is 0 Å². The number of likely N-dealkylation sites (N-methyl/N-ethyl adjacent to an activating group) is 2. The lowest BCUT2D eigenvalue weighted by Gasteiger charge is -2.17. The fourth-order valence-corrected chi connectivity index (χ4v) is 1.50. The molecule has 6 heteroatoms. The molecule has 1 rings (SSSR count). The van der Waals surface area contributed by atoms with Crippen LogP contribution < -0.4 is 5.32 Å². The second kappa shape index (κ2) is 7.48. The summed E-state index contributed by atoms with van der Waals surface area (Å²) in [7, 11) is 3.47. The van der Waals surface area contributed by atoms with Crippen molar-refractivity contribution in [3.05, 3.63) is 34.6 Å². The second-order valence-electron chi connectivity index (χ2n) is 3.49. The van der Waals surface area contributed by atoms with Gasteiger partial charge in [0, 0.05) is 30.7 Å². The van der Waals surface area contributed by atoms with Crippen LogP contribution >= 0.6 is 24.0 Å². The van der Waals surface area contributed by atoms with Gasteiger partial charge in [0.25, 0.3) is 5.91 Å². The van der Waals surface area contributed by atoms with Crippen LogP contribution in [0.25, 0.3) is 0 Å². The smallest absolute Gasteiger partial charge is 0.253 e. The first kappa shape index (κ1) is 16.2. The van der Waals surface area contributed by atoms with E-state index in [4.69, 9.17) is 11.6 Å². The van der Waals surface area contributed by atoms with E-state index in [0.29, 0.717) is 13.1 Å². The van der Waals surface area contributed by atoms with Gasteiger partial charge in [0.05, 0.1) is 0 Å². The molecule has 0 aliphatic rings. The molecule has 0 aromatic heterocycles. The molecule has 0 saturated heterocycles. The third-order valence-corrected chi connectivity index (χ3v) is 2.37. The van der Waals surface area contributed by atoms with Crippen molar-refractivity contribution in [3.8, 4) is 0 Å². The number of hydrogen-bond acceptors (Lipinski definition) is 2. The van der Waals surface area contributed by atoms with Crippen LogP contribution in [0.3, 0.4) is 0 Å². The number of hydrogen-bond donors (Lipinski definition) is 1. The maximum Gasteiger partial charge on any atom is 0.253 e. The van der Waals surface area contributed by atoms with Crippen LogP contribution in [-0.4, -0.2) is 38.0 Å². The number of carbonyl (C=O) groups excluding carboxylic acids is 1. The molecule has 0 heterocycles. The SMILES string of the molecule is CNCCN(C)C(=O)c1cc(F)cc(Cl)c1.Cl. The van der Waals surface area contributed by atoms with Crippen molar-refractivity contribution in [2.75, 3.05) is 27.2 Å². The first-order valence-electron chi connectivity index (χ1n) is 4.90. The van der Waals surface area contributed by atoms with E-state index in [1.54, 1.807) is 14.1 Å². The fraction of sp³-hybridized carbons (Fsp3) is 0.364. The largest absolute Gasteiger partial charge is 0.340 e. The Kier molecular flexibility index (Phi) is 7.11. The monoisotopic (exact) mass is 280 g/mol. The average Bonchev–Trinajstić information content (AvgIpc) is 2.23. The molecule has 0 saturated carbocycles. The van der Waals surface area contributed by atoms with E-state index in [-0.39, 0.29) is 28.9 Å². The van der Waals surface area contributed by atoms with Crippen molar-refractivity contribution in [1.29, 1.82) is 0 Å². The van der Waals surface area contributed by atoms with Crippen LogP contribution in [0.15, 0.2) is 18.2 Å². The quantitative estimate of drug-likeness (QED) is 0.917. The Morgan fingerprint density at radius 3 is 2.65 bits per heavy atom. The zero-order valence-electron chi connectivity index (χ0n) is 9.67. The number of amides is 1. The topological polar surface area (TPSA) is 32.3 Å². The zero-order chi connectivity index (χ0) is 12.1. The molecule has 0 spiro atoms. The lowest BCUT2D eigenvalue weighted by molar-refractivity contribution is 0.0796. The Morgan fingerprint density at radius 2 is 2.12 bits per heavy atom. The van der Waals surface area contributed by atoms with Gasteiger partial charge >= 0.3 is 0 Å². The molecule has 1 N–H and O–H groups in total. The van der Waals surface area contributed by atoms with Crippen molar-refractivity contribution in [2.45, 2.75) is 0 Å². The first-order chi connectivity index (χ1) is 7.54. The first-order valence-corrected chi connectivity index (χ1v) is 5.28. The van der Waals surface area contributed by atoms with Crippen molar-refractivity contribution >= 4 is 29.9 Å². The molecule has 0 atom stereocenters. The highest BCUT2D eigenvalue weighted by Crippen LogP contribution is 2.15. The molecule has 0 aliphatic heterocycles. The van der Waals surface area contributed by atoms with E-state index in [2.05, 4.69) is 5.32 Å². The normalized spacial score (nSPS) is 9.65. The lowest BCUT2D eigenvalue weighted by Crippen LogP contribution is -2.32. The summed E-state index contributed by atoms with van der Waals surface area (Å²) in [6, 6.07) is 3.82. The van der Waals surface area contributed by atoms with Gasteiger partial charge in [0.2, 0.25) is 0 Å². The number of carbonyl (C=O) groups is 1. The molecule has 0 unspecified atom stereocenters. The van der Waals surface area contributed by atoms with Gasteiger partial charge in [-0.3, -0.25) is 4.79 Å². The predicted molar refractivity (Wildman–Crippen MR) is 69.5 cm³/mol. The van der Waals surface area contributed by atoms with Gasteiger partial charge < -0.3 is 10.2 Å². The minimum absolute atomic E-state index is 0. The van der Waals surface area contributed by atoms with Crippen molar-refractivity contribution in [1.82, 2.24) is 10.2 Å². The molecule has 0 bridgehead atoms. The van der Waals surface area contributed by atoms with E-state index in [0.717, 1.165) is 0 Å². The summed E-state index contributed by atoms with van der Waals surface area (Å²) < 4.78 is 13.0. The van der Waals surface area contributed by atoms with E-state index >= 15 is 0 Å². The standard InChI is InChI=1S/C11H14ClFN2O.ClH/c1-14-3-4-15(2)11(16)8-5-9(12)7-10(13)6-8;/h5-7,14H,3-4H2,1-2H3;1H. The zero-order valence-corrected chi connectivity index (χ0v) is 11.2. The highest BCUT2D eigenvalue weighted by Gasteiger charge is 2.12. The Hall–Kier alpha value is -0.840. The minimum atomic E-state index is -0.502. The maximum atomic E-state index is 13.0. The fourth-order valence-electron chi connectivity index (χ4n) is 1.28. The Bertz CT molecular complexity index is 367. The number of nitrogens with zero attached hydrogens (tertiary/aromatic N) is 1. The van der Waals surface area contributed by atoms with Gasteiger partial charge in [-0.25, -0.2) is 4.39 Å². The second-order valence-corrected chi connectivity index (χ2v) is 3.92. The molecule has 17 heavy (non-hydrogen) atoms. The molecule has 1 aromatic rings. The summed E-state index contributed by atoms with van der Waals surface area (Å²) >= 11 is 5.68. The van der Waals surface area contributed by atoms with Crippen LogP contribution in [0.5, 0.6) is 0 Å². The van der Waals surface area contributed by atoms with Gasteiger partial charge in [-0.05, 0) is 25.2 Å². The van der Waals surface area contributed by atoms with Crippen LogP contribution in [0.4, 0.5) is 4.39 Å². The van der Waals surface area contributed by atoms with E-state index in [1.165, 1.54) is 23.1 Å². The molecule has 0 radical (unpaired) electrons. The molecule has 0 aliphatic carbocycles. The summed E-state index contributed by atoms with van der Waals surface area (Å²) in [5.41, 5.74) is 0.267. The average molecular weight is 281 g/mol. The van der Waals surface area contributed by atoms with Crippen molar-refractivity contribution in [3.63, 3.8) is 0 Å². The molecule has 3 nitrogen and oxygen atoms in total. The van der Waals surface area contributed by atoms with Crippen molar-refractivity contribution in [2.24, 2.45) is 0 Å². The van der Waals surface area contributed by atoms with E-state index < -0.39 is 5.82 Å². The number of rotatable bonds is 4. The molecule has 0 fully saturated rings. The molecule has 1 amide bonds. The van der Waals surface area contributed by atoms with Crippen LogP contribution in [0, 0.1) is 5.82 Å². The number of benzene rings is 1. The third-order valence-electron chi connectivity index (χ3n) is 2.15. The Labute approximate surface area is 111 Å². The molecule has 1 aromatic carbocycles. The minimum Gasteiger partial charge on any atom is -0.340 e. The number of halogens is 3. The summed E-state index contributed by atoms with van der Waals surface area (Å²) in [4.78, 5) is 13.3. The van der Waals surface area contributed by atoms with Gasteiger partial charge in [0.1, 0.15) is 5.82 Å². The lowest BCUT2D eigenvalue weighted by atomic mass is 10.2. The summed E-state index contributed by atoms with van der Waals surface area (Å²) in [5, 5.41) is 3.16. The Balaban J connectivity index is 0.00000256. The number of nitrogens with one attached hydrogen (secondary N) is 1. The van der Waals surface area contributed by atoms with Gasteiger partial charge in [-0.15, -0.1) is 12.4 Å². The van der Waals surface area contributed by atoms with E-state index in [1.807, 2.05) is 0 Å².